The highest BCUT2D eigenvalue weighted by atomic mass is 32.2. The molecule has 0 aliphatic carbocycles. The van der Waals surface area contributed by atoms with Gasteiger partial charge in [0.1, 0.15) is 0 Å². The second-order valence-corrected chi connectivity index (χ2v) is 5.11. The Hall–Kier alpha value is -0.910. The van der Waals surface area contributed by atoms with E-state index in [0.717, 1.165) is 24.3 Å². The summed E-state index contributed by atoms with van der Waals surface area (Å²) < 4.78 is 0. The number of hydrogen-bond acceptors (Lipinski definition) is 4. The van der Waals surface area contributed by atoms with Gasteiger partial charge in [-0.15, -0.1) is 0 Å². The molecule has 1 amide bonds. The molecule has 16 heavy (non-hydrogen) atoms. The molecular formula is C10H19N3O2S. The van der Waals surface area contributed by atoms with Crippen molar-refractivity contribution in [1.82, 2.24) is 5.32 Å². The number of nitrogens with one attached hydrogen (secondary N) is 1. The minimum Gasteiger partial charge on any atom is -0.409 e. The highest BCUT2D eigenvalue weighted by Crippen LogP contribution is 2.17. The van der Waals surface area contributed by atoms with E-state index in [1.165, 1.54) is 0 Å². The molecule has 0 spiro atoms. The van der Waals surface area contributed by atoms with E-state index in [2.05, 4.69) is 10.5 Å². The van der Waals surface area contributed by atoms with Crippen LogP contribution < -0.4 is 11.1 Å². The van der Waals surface area contributed by atoms with Crippen molar-refractivity contribution in [3.8, 4) is 0 Å². The minimum absolute atomic E-state index is 0.00909. The Morgan fingerprint density at radius 1 is 1.62 bits per heavy atom. The molecule has 0 bridgehead atoms. The van der Waals surface area contributed by atoms with Crippen molar-refractivity contribution in [2.45, 2.75) is 32.2 Å². The largest absolute Gasteiger partial charge is 0.409 e. The summed E-state index contributed by atoms with van der Waals surface area (Å²) in [6.45, 7) is 1.85. The zero-order chi connectivity index (χ0) is 12.0. The smallest absolute Gasteiger partial charge is 0.231 e. The van der Waals surface area contributed by atoms with Gasteiger partial charge in [-0.05, 0) is 30.8 Å². The van der Waals surface area contributed by atoms with E-state index < -0.39 is 5.92 Å². The summed E-state index contributed by atoms with van der Waals surface area (Å²) in [5, 5.41) is 14.4. The predicted molar refractivity (Wildman–Crippen MR) is 65.7 cm³/mol. The Morgan fingerprint density at radius 2 is 2.25 bits per heavy atom. The van der Waals surface area contributed by atoms with E-state index in [9.17, 15) is 4.79 Å². The average molecular weight is 245 g/mol. The van der Waals surface area contributed by atoms with Crippen molar-refractivity contribution >= 4 is 23.5 Å². The quantitative estimate of drug-likeness (QED) is 0.295. The Kier molecular flexibility index (Phi) is 5.45. The molecule has 6 heteroatoms. The van der Waals surface area contributed by atoms with Crippen LogP contribution in [0.1, 0.15) is 26.2 Å². The first-order valence-electron chi connectivity index (χ1n) is 5.54. The fourth-order valence-electron chi connectivity index (χ4n) is 1.74. The number of carbonyl (C=O) groups excluding carboxylic acids is 1. The molecule has 0 aromatic carbocycles. The van der Waals surface area contributed by atoms with Gasteiger partial charge >= 0.3 is 0 Å². The fraction of sp³-hybridized carbons (Fsp3) is 0.800. The summed E-state index contributed by atoms with van der Waals surface area (Å²) in [6.07, 6.45) is 2.55. The molecule has 5 nitrogen and oxygen atoms in total. The summed E-state index contributed by atoms with van der Waals surface area (Å²) in [4.78, 5) is 11.9. The van der Waals surface area contributed by atoms with Crippen LogP contribution in [0.3, 0.4) is 0 Å². The van der Waals surface area contributed by atoms with Gasteiger partial charge in [-0.25, -0.2) is 0 Å². The first kappa shape index (κ1) is 13.2. The number of amidine groups is 1. The molecule has 1 aliphatic rings. The Bertz CT molecular complexity index is 265. The predicted octanol–water partition coefficient (Wildman–Crippen LogP) is 0.771. The van der Waals surface area contributed by atoms with Crippen LogP contribution in [0.15, 0.2) is 5.16 Å². The Balaban J connectivity index is 2.48. The number of hydrogen-bond donors (Lipinski definition) is 3. The zero-order valence-electron chi connectivity index (χ0n) is 9.48. The lowest BCUT2D eigenvalue weighted by Crippen LogP contribution is -2.44. The molecule has 0 aromatic heterocycles. The van der Waals surface area contributed by atoms with Crippen molar-refractivity contribution in [2.24, 2.45) is 16.8 Å². The van der Waals surface area contributed by atoms with Crippen molar-refractivity contribution in [2.75, 3.05) is 11.5 Å². The van der Waals surface area contributed by atoms with Crippen molar-refractivity contribution in [3.63, 3.8) is 0 Å². The first-order valence-corrected chi connectivity index (χ1v) is 6.70. The summed E-state index contributed by atoms with van der Waals surface area (Å²) in [7, 11) is 0. The second-order valence-electron chi connectivity index (χ2n) is 3.88. The normalized spacial score (nSPS) is 20.4. The molecular weight excluding hydrogens is 226 g/mol. The molecule has 1 unspecified atom stereocenters. The Morgan fingerprint density at radius 3 is 2.75 bits per heavy atom. The number of thioether (sulfide) groups is 1. The van der Waals surface area contributed by atoms with E-state index in [0.29, 0.717) is 6.42 Å². The monoisotopic (exact) mass is 245 g/mol. The van der Waals surface area contributed by atoms with E-state index in [1.807, 2.05) is 18.7 Å². The summed E-state index contributed by atoms with van der Waals surface area (Å²) in [5.41, 5.74) is 5.47. The van der Waals surface area contributed by atoms with Crippen molar-refractivity contribution in [3.05, 3.63) is 0 Å². The van der Waals surface area contributed by atoms with Crippen molar-refractivity contribution < 1.29 is 10.0 Å². The second kappa shape index (κ2) is 6.62. The highest BCUT2D eigenvalue weighted by Gasteiger charge is 2.24. The van der Waals surface area contributed by atoms with Gasteiger partial charge in [-0.3, -0.25) is 4.79 Å². The number of nitrogens with zero attached hydrogens (tertiary/aromatic N) is 1. The molecule has 1 rings (SSSR count). The zero-order valence-corrected chi connectivity index (χ0v) is 10.3. The number of carbonyl (C=O) groups is 1. The fourth-order valence-corrected chi connectivity index (χ4v) is 2.85. The molecule has 1 atom stereocenters. The van der Waals surface area contributed by atoms with Gasteiger partial charge in [0.25, 0.3) is 0 Å². The third-order valence-corrected chi connectivity index (χ3v) is 3.81. The number of rotatable bonds is 4. The molecule has 0 saturated carbocycles. The van der Waals surface area contributed by atoms with Crippen LogP contribution in [0, 0.1) is 5.92 Å². The maximum atomic E-state index is 11.9. The van der Waals surface area contributed by atoms with Gasteiger partial charge in [0.15, 0.2) is 5.84 Å². The van der Waals surface area contributed by atoms with Crippen LogP contribution in [-0.4, -0.2) is 34.5 Å². The number of nitrogens with two attached hydrogens (primary N) is 1. The minimum atomic E-state index is -0.514. The number of amides is 1. The molecule has 0 radical (unpaired) electrons. The SMILES string of the molecule is CCC(C(=O)NC1CCSCC1)C(N)=NO. The van der Waals surface area contributed by atoms with Crippen LogP contribution in [0.25, 0.3) is 0 Å². The molecule has 92 valence electrons. The van der Waals surface area contributed by atoms with Gasteiger partial charge in [0, 0.05) is 6.04 Å². The summed E-state index contributed by atoms with van der Waals surface area (Å²) >= 11 is 1.91. The lowest BCUT2D eigenvalue weighted by molar-refractivity contribution is -0.123. The van der Waals surface area contributed by atoms with Crippen molar-refractivity contribution in [1.29, 1.82) is 0 Å². The van der Waals surface area contributed by atoms with Gasteiger partial charge in [-0.2, -0.15) is 11.8 Å². The van der Waals surface area contributed by atoms with Crippen LogP contribution >= 0.6 is 11.8 Å². The van der Waals surface area contributed by atoms with Gasteiger partial charge < -0.3 is 16.3 Å². The Labute approximate surface area is 99.8 Å². The lowest BCUT2D eigenvalue weighted by atomic mass is 10.0. The molecule has 1 heterocycles. The molecule has 0 aromatic rings. The lowest BCUT2D eigenvalue weighted by Gasteiger charge is -2.24. The standard InChI is InChI=1S/C10H19N3O2S/c1-2-8(9(11)13-15)10(14)12-7-3-5-16-6-4-7/h7-8,15H,2-6H2,1H3,(H2,11,13)(H,12,14). The third kappa shape index (κ3) is 3.59. The van der Waals surface area contributed by atoms with Crippen LogP contribution in [0.2, 0.25) is 0 Å². The molecule has 4 N–H and O–H groups in total. The van der Waals surface area contributed by atoms with Crippen LogP contribution in [0.4, 0.5) is 0 Å². The molecule has 1 aliphatic heterocycles. The van der Waals surface area contributed by atoms with Gasteiger partial charge in [0.05, 0.1) is 5.92 Å². The van der Waals surface area contributed by atoms with Crippen LogP contribution in [0.5, 0.6) is 0 Å². The average Bonchev–Trinajstić information content (AvgIpc) is 2.31. The van der Waals surface area contributed by atoms with Gasteiger partial charge in [0.2, 0.25) is 5.91 Å². The topological polar surface area (TPSA) is 87.7 Å². The van der Waals surface area contributed by atoms with E-state index in [1.54, 1.807) is 0 Å². The van der Waals surface area contributed by atoms with E-state index in [-0.39, 0.29) is 17.8 Å². The number of oxime groups is 1. The third-order valence-electron chi connectivity index (χ3n) is 2.76. The maximum Gasteiger partial charge on any atom is 0.231 e. The van der Waals surface area contributed by atoms with Crippen LogP contribution in [-0.2, 0) is 4.79 Å². The van der Waals surface area contributed by atoms with E-state index in [4.69, 9.17) is 10.9 Å². The first-order chi connectivity index (χ1) is 7.69. The van der Waals surface area contributed by atoms with Gasteiger partial charge in [-0.1, -0.05) is 12.1 Å². The molecule has 1 saturated heterocycles. The highest BCUT2D eigenvalue weighted by molar-refractivity contribution is 7.99. The van der Waals surface area contributed by atoms with E-state index >= 15 is 0 Å². The summed E-state index contributed by atoms with van der Waals surface area (Å²) in [6, 6.07) is 0.245. The molecule has 1 fully saturated rings. The maximum absolute atomic E-state index is 11.9. The summed E-state index contributed by atoms with van der Waals surface area (Å²) in [5.74, 6) is 1.52.